The molecule has 2 aromatic rings. The third kappa shape index (κ3) is 3.97. The van der Waals surface area contributed by atoms with Crippen molar-refractivity contribution in [1.82, 2.24) is 15.3 Å². The molecule has 1 aliphatic rings. The van der Waals surface area contributed by atoms with E-state index < -0.39 is 5.97 Å². The molecule has 0 radical (unpaired) electrons. The first-order valence-electron chi connectivity index (χ1n) is 7.99. The third-order valence-corrected chi connectivity index (χ3v) is 5.08. The molecule has 6 nitrogen and oxygen atoms in total. The molecule has 24 heavy (non-hydrogen) atoms. The molecule has 0 bridgehead atoms. The Morgan fingerprint density at radius 1 is 1.33 bits per heavy atom. The lowest BCUT2D eigenvalue weighted by molar-refractivity contribution is -0.124. The minimum atomic E-state index is -0.520. The van der Waals surface area contributed by atoms with Crippen LogP contribution in [0.2, 0.25) is 0 Å². The highest BCUT2D eigenvalue weighted by atomic mass is 32.1. The molecule has 0 saturated heterocycles. The fourth-order valence-electron chi connectivity index (χ4n) is 2.72. The Kier molecular flexibility index (Phi) is 5.20. The molecular formula is C17H19N3O3S. The lowest BCUT2D eigenvalue weighted by Crippen LogP contribution is -2.35. The Bertz CT molecular complexity index is 724. The van der Waals surface area contributed by atoms with Crippen LogP contribution in [0.25, 0.3) is 10.7 Å². The van der Waals surface area contributed by atoms with E-state index in [4.69, 9.17) is 4.74 Å². The Balaban J connectivity index is 1.59. The number of thiazole rings is 1. The van der Waals surface area contributed by atoms with Gasteiger partial charge in [-0.3, -0.25) is 9.78 Å². The number of carbonyl (C=O) groups excluding carboxylic acids is 2. The van der Waals surface area contributed by atoms with Crippen LogP contribution in [0.1, 0.15) is 41.0 Å². The van der Waals surface area contributed by atoms with Crippen LogP contribution in [0, 0.1) is 6.92 Å². The van der Waals surface area contributed by atoms with Crippen LogP contribution in [0.4, 0.5) is 0 Å². The average molecular weight is 345 g/mol. The van der Waals surface area contributed by atoms with Crippen molar-refractivity contribution in [3.05, 3.63) is 35.0 Å². The molecule has 126 valence electrons. The standard InChI is InChI=1S/C17H19N3O3S/c1-11-15(24-16(19-11)13-8-4-5-9-18-13)17(22)23-10-14(21)20-12-6-2-3-7-12/h4-5,8-9,12H,2-3,6-7,10H2,1H3,(H,20,21). The summed E-state index contributed by atoms with van der Waals surface area (Å²) in [6.07, 6.45) is 5.96. The molecule has 0 aliphatic heterocycles. The third-order valence-electron chi connectivity index (χ3n) is 3.92. The molecule has 7 heteroatoms. The number of esters is 1. The van der Waals surface area contributed by atoms with Crippen molar-refractivity contribution in [2.24, 2.45) is 0 Å². The minimum Gasteiger partial charge on any atom is -0.451 e. The first-order chi connectivity index (χ1) is 11.6. The molecule has 0 unspecified atom stereocenters. The van der Waals surface area contributed by atoms with Crippen LogP contribution in [0.15, 0.2) is 24.4 Å². The molecule has 1 fully saturated rings. The zero-order valence-corrected chi connectivity index (χ0v) is 14.3. The van der Waals surface area contributed by atoms with Gasteiger partial charge in [0.25, 0.3) is 5.91 Å². The van der Waals surface area contributed by atoms with E-state index in [0.29, 0.717) is 21.3 Å². The summed E-state index contributed by atoms with van der Waals surface area (Å²) in [5.74, 6) is -0.767. The second kappa shape index (κ2) is 7.53. The molecule has 2 heterocycles. The minimum absolute atomic E-state index is 0.220. The quantitative estimate of drug-likeness (QED) is 0.843. The van der Waals surface area contributed by atoms with Crippen molar-refractivity contribution in [3.63, 3.8) is 0 Å². The lowest BCUT2D eigenvalue weighted by atomic mass is 10.2. The summed E-state index contributed by atoms with van der Waals surface area (Å²) in [4.78, 5) is 33.0. The van der Waals surface area contributed by atoms with Crippen LogP contribution in [0.5, 0.6) is 0 Å². The molecule has 0 atom stereocenters. The van der Waals surface area contributed by atoms with Crippen LogP contribution in [-0.2, 0) is 9.53 Å². The highest BCUT2D eigenvalue weighted by Gasteiger charge is 2.21. The van der Waals surface area contributed by atoms with Crippen molar-refractivity contribution >= 4 is 23.2 Å². The number of rotatable bonds is 5. The van der Waals surface area contributed by atoms with Crippen molar-refractivity contribution in [2.45, 2.75) is 38.6 Å². The fraction of sp³-hybridized carbons (Fsp3) is 0.412. The zero-order valence-electron chi connectivity index (χ0n) is 13.4. The summed E-state index contributed by atoms with van der Waals surface area (Å²) in [7, 11) is 0. The first-order valence-corrected chi connectivity index (χ1v) is 8.80. The van der Waals surface area contributed by atoms with E-state index in [1.54, 1.807) is 13.1 Å². The van der Waals surface area contributed by atoms with E-state index in [-0.39, 0.29) is 18.6 Å². The second-order valence-electron chi connectivity index (χ2n) is 5.77. The Hall–Kier alpha value is -2.28. The topological polar surface area (TPSA) is 81.2 Å². The van der Waals surface area contributed by atoms with Gasteiger partial charge in [-0.15, -0.1) is 11.3 Å². The van der Waals surface area contributed by atoms with E-state index in [2.05, 4.69) is 15.3 Å². The summed E-state index contributed by atoms with van der Waals surface area (Å²) in [6.45, 7) is 1.49. The van der Waals surface area contributed by atoms with Gasteiger partial charge in [-0.05, 0) is 31.9 Å². The number of hydrogen-bond acceptors (Lipinski definition) is 6. The number of nitrogens with one attached hydrogen (secondary N) is 1. The van der Waals surface area contributed by atoms with Gasteiger partial charge in [0.2, 0.25) is 0 Å². The molecule has 1 amide bonds. The Morgan fingerprint density at radius 3 is 2.83 bits per heavy atom. The number of carbonyl (C=O) groups is 2. The predicted octanol–water partition coefficient (Wildman–Crippen LogP) is 2.73. The van der Waals surface area contributed by atoms with Gasteiger partial charge < -0.3 is 10.1 Å². The molecule has 1 aliphatic carbocycles. The number of aromatic nitrogens is 2. The van der Waals surface area contributed by atoms with Gasteiger partial charge in [-0.25, -0.2) is 9.78 Å². The maximum Gasteiger partial charge on any atom is 0.350 e. The van der Waals surface area contributed by atoms with Crippen molar-refractivity contribution in [3.8, 4) is 10.7 Å². The van der Waals surface area contributed by atoms with E-state index in [1.807, 2.05) is 18.2 Å². The van der Waals surface area contributed by atoms with Crippen LogP contribution >= 0.6 is 11.3 Å². The van der Waals surface area contributed by atoms with Gasteiger partial charge in [0.1, 0.15) is 9.88 Å². The Labute approximate surface area is 144 Å². The van der Waals surface area contributed by atoms with Gasteiger partial charge >= 0.3 is 5.97 Å². The van der Waals surface area contributed by atoms with E-state index >= 15 is 0 Å². The molecule has 0 aromatic carbocycles. The molecule has 0 spiro atoms. The van der Waals surface area contributed by atoms with Crippen molar-refractivity contribution < 1.29 is 14.3 Å². The predicted molar refractivity (Wildman–Crippen MR) is 90.8 cm³/mol. The molecule has 2 aromatic heterocycles. The van der Waals surface area contributed by atoms with E-state index in [1.165, 1.54) is 11.3 Å². The fourth-order valence-corrected chi connectivity index (χ4v) is 3.66. The summed E-state index contributed by atoms with van der Waals surface area (Å²) < 4.78 is 5.13. The van der Waals surface area contributed by atoms with E-state index in [0.717, 1.165) is 25.7 Å². The maximum absolute atomic E-state index is 12.2. The largest absolute Gasteiger partial charge is 0.451 e. The highest BCUT2D eigenvalue weighted by molar-refractivity contribution is 7.17. The summed E-state index contributed by atoms with van der Waals surface area (Å²) in [5, 5.41) is 3.56. The Morgan fingerprint density at radius 2 is 2.12 bits per heavy atom. The summed E-state index contributed by atoms with van der Waals surface area (Å²) in [6, 6.07) is 5.74. The summed E-state index contributed by atoms with van der Waals surface area (Å²) >= 11 is 1.23. The monoisotopic (exact) mass is 345 g/mol. The van der Waals surface area contributed by atoms with Crippen LogP contribution in [0.3, 0.4) is 0 Å². The van der Waals surface area contributed by atoms with Crippen molar-refractivity contribution in [1.29, 1.82) is 0 Å². The number of ether oxygens (including phenoxy) is 1. The highest BCUT2D eigenvalue weighted by Crippen LogP contribution is 2.26. The normalized spacial score (nSPS) is 14.5. The maximum atomic E-state index is 12.2. The molecule has 3 rings (SSSR count). The van der Waals surface area contributed by atoms with Crippen molar-refractivity contribution in [2.75, 3.05) is 6.61 Å². The number of aryl methyl sites for hydroxylation is 1. The molecule has 1 saturated carbocycles. The van der Waals surface area contributed by atoms with Crippen LogP contribution < -0.4 is 5.32 Å². The molecular weight excluding hydrogens is 326 g/mol. The second-order valence-corrected chi connectivity index (χ2v) is 6.77. The van der Waals surface area contributed by atoms with Gasteiger partial charge in [0, 0.05) is 12.2 Å². The number of amides is 1. The zero-order chi connectivity index (χ0) is 16.9. The smallest absolute Gasteiger partial charge is 0.350 e. The van der Waals surface area contributed by atoms with Gasteiger partial charge in [-0.2, -0.15) is 0 Å². The number of pyridine rings is 1. The SMILES string of the molecule is Cc1nc(-c2ccccn2)sc1C(=O)OCC(=O)NC1CCCC1. The number of hydrogen-bond donors (Lipinski definition) is 1. The van der Waals surface area contributed by atoms with Gasteiger partial charge in [0.15, 0.2) is 6.61 Å². The average Bonchev–Trinajstić information content (AvgIpc) is 3.23. The summed E-state index contributed by atoms with van der Waals surface area (Å²) in [5.41, 5.74) is 1.30. The van der Waals surface area contributed by atoms with E-state index in [9.17, 15) is 9.59 Å². The number of nitrogens with zero attached hydrogens (tertiary/aromatic N) is 2. The van der Waals surface area contributed by atoms with Crippen LogP contribution in [-0.4, -0.2) is 34.5 Å². The first kappa shape index (κ1) is 16.6. The van der Waals surface area contributed by atoms with Gasteiger partial charge in [0.05, 0.1) is 11.4 Å². The molecule has 1 N–H and O–H groups in total. The lowest BCUT2D eigenvalue weighted by Gasteiger charge is -2.11. The van der Waals surface area contributed by atoms with Gasteiger partial charge in [-0.1, -0.05) is 18.9 Å².